The molecule has 0 saturated carbocycles. The van der Waals surface area contributed by atoms with E-state index in [1.54, 1.807) is 18.2 Å². The van der Waals surface area contributed by atoms with E-state index in [9.17, 15) is 17.6 Å². The summed E-state index contributed by atoms with van der Waals surface area (Å²) in [6.45, 7) is 3.78. The predicted octanol–water partition coefficient (Wildman–Crippen LogP) is 4.08. The van der Waals surface area contributed by atoms with Gasteiger partial charge in [0.2, 0.25) is 0 Å². The third kappa shape index (κ3) is 2.97. The Balaban J connectivity index is 2.23. The molecule has 0 bridgehead atoms. The molecule has 1 aliphatic rings. The molecule has 0 unspecified atom stereocenters. The van der Waals surface area contributed by atoms with Gasteiger partial charge < -0.3 is 0 Å². The average Bonchev–Trinajstić information content (AvgIpc) is 2.53. The van der Waals surface area contributed by atoms with E-state index in [-0.39, 0.29) is 10.8 Å². The summed E-state index contributed by atoms with van der Waals surface area (Å²) in [5.41, 5.74) is 0.0681. The lowest BCUT2D eigenvalue weighted by Gasteiger charge is -2.09. The summed E-state index contributed by atoms with van der Waals surface area (Å²) in [5, 5.41) is 2.33. The van der Waals surface area contributed by atoms with Crippen LogP contribution in [0, 0.1) is 16.3 Å². The number of allylic oxidation sites excluding steroid dienone is 4. The summed E-state index contributed by atoms with van der Waals surface area (Å²) >= 11 is 0. The molecule has 1 aliphatic carbocycles. The van der Waals surface area contributed by atoms with Crippen LogP contribution in [0.15, 0.2) is 66.0 Å². The quantitative estimate of drug-likeness (QED) is 0.643. The minimum absolute atomic E-state index is 0.0559. The van der Waals surface area contributed by atoms with Gasteiger partial charge in [-0.15, -0.1) is 0 Å². The van der Waals surface area contributed by atoms with Gasteiger partial charge >= 0.3 is 0 Å². The van der Waals surface area contributed by atoms with Crippen LogP contribution in [0.3, 0.4) is 0 Å². The second-order valence-electron chi connectivity index (χ2n) is 5.30. The van der Waals surface area contributed by atoms with E-state index >= 15 is 0 Å². The Morgan fingerprint density at radius 3 is 2.09 bits per heavy atom. The molecule has 3 rings (SSSR count). The van der Waals surface area contributed by atoms with Gasteiger partial charge in [0.05, 0.1) is 0 Å². The van der Waals surface area contributed by atoms with E-state index in [0.717, 1.165) is 16.5 Å². The zero-order valence-corrected chi connectivity index (χ0v) is 12.0. The zero-order chi connectivity index (χ0) is 16.6. The van der Waals surface area contributed by atoms with Gasteiger partial charge in [-0.05, 0) is 33.4 Å². The summed E-state index contributed by atoms with van der Waals surface area (Å²) in [5.74, 6) is -4.68. The van der Waals surface area contributed by atoms with Crippen LogP contribution in [-0.4, -0.2) is 0 Å². The van der Waals surface area contributed by atoms with Crippen LogP contribution >= 0.6 is 0 Å². The average molecular weight is 316 g/mol. The topological polar surface area (TPSA) is 0 Å². The first-order chi connectivity index (χ1) is 11.0. The molecule has 2 aromatic rings. The van der Waals surface area contributed by atoms with Crippen molar-refractivity contribution in [1.82, 2.24) is 0 Å². The fraction of sp³-hybridized carbons (Fsp3) is 0.0526. The van der Waals surface area contributed by atoms with Crippen LogP contribution in [0.1, 0.15) is 6.42 Å². The third-order valence-electron chi connectivity index (χ3n) is 3.70. The number of hydrogen-bond acceptors (Lipinski definition) is 0. The van der Waals surface area contributed by atoms with Crippen molar-refractivity contribution in [2.75, 3.05) is 0 Å². The lowest BCUT2D eigenvalue weighted by atomic mass is 10.0. The molecule has 23 heavy (non-hydrogen) atoms. The summed E-state index contributed by atoms with van der Waals surface area (Å²) in [7, 11) is 0. The predicted molar refractivity (Wildman–Crippen MR) is 81.7 cm³/mol. The van der Waals surface area contributed by atoms with E-state index in [4.69, 9.17) is 0 Å². The summed E-state index contributed by atoms with van der Waals surface area (Å²) in [4.78, 5) is 0. The first-order valence-corrected chi connectivity index (χ1v) is 6.95. The van der Waals surface area contributed by atoms with Crippen LogP contribution in [0.4, 0.5) is 17.6 Å². The highest BCUT2D eigenvalue weighted by Gasteiger charge is 2.19. The molecule has 0 aliphatic heterocycles. The van der Waals surface area contributed by atoms with Crippen LogP contribution < -0.4 is 10.4 Å². The molecule has 0 nitrogen and oxygen atoms in total. The molecular formula is C19H12F4. The Bertz CT molecular complexity index is 1020. The SMILES string of the molecule is C=c1ccc(=c2cc/c(=C3/C=C(F)C(F)=C(F)C3)c(F)c2)cc1. The van der Waals surface area contributed by atoms with Crippen LogP contribution in [0.5, 0.6) is 0 Å². The van der Waals surface area contributed by atoms with Gasteiger partial charge in [-0.25, -0.2) is 17.6 Å². The Morgan fingerprint density at radius 1 is 0.826 bits per heavy atom. The summed E-state index contributed by atoms with van der Waals surface area (Å²) in [6, 6.07) is 11.6. The van der Waals surface area contributed by atoms with Crippen molar-refractivity contribution in [3.63, 3.8) is 0 Å². The molecule has 0 atom stereocenters. The van der Waals surface area contributed by atoms with Crippen LogP contribution in [0.25, 0.3) is 12.2 Å². The second-order valence-corrected chi connectivity index (χ2v) is 5.30. The Morgan fingerprint density at radius 2 is 1.48 bits per heavy atom. The molecular weight excluding hydrogens is 304 g/mol. The minimum Gasteiger partial charge on any atom is -0.208 e. The van der Waals surface area contributed by atoms with Crippen molar-refractivity contribution < 1.29 is 17.6 Å². The maximum Gasteiger partial charge on any atom is 0.190 e. The maximum absolute atomic E-state index is 14.3. The highest BCUT2D eigenvalue weighted by molar-refractivity contribution is 5.64. The minimum atomic E-state index is -1.51. The smallest absolute Gasteiger partial charge is 0.190 e. The monoisotopic (exact) mass is 316 g/mol. The molecule has 0 heterocycles. The molecule has 0 spiro atoms. The van der Waals surface area contributed by atoms with Crippen molar-refractivity contribution in [2.45, 2.75) is 6.42 Å². The van der Waals surface area contributed by atoms with Gasteiger partial charge in [0.25, 0.3) is 0 Å². The van der Waals surface area contributed by atoms with E-state index in [0.29, 0.717) is 5.22 Å². The van der Waals surface area contributed by atoms with E-state index < -0.39 is 29.7 Å². The molecule has 0 radical (unpaired) electrons. The fourth-order valence-electron chi connectivity index (χ4n) is 2.47. The van der Waals surface area contributed by atoms with Gasteiger partial charge in [0.15, 0.2) is 11.7 Å². The number of hydrogen-bond donors (Lipinski definition) is 0. The molecule has 0 fully saturated rings. The van der Waals surface area contributed by atoms with E-state index in [1.807, 2.05) is 12.1 Å². The Hall–Kier alpha value is -2.62. The van der Waals surface area contributed by atoms with Crippen molar-refractivity contribution in [2.24, 2.45) is 0 Å². The first-order valence-electron chi connectivity index (χ1n) is 6.95. The standard InChI is InChI=1S/C19H12F4/c1-11-2-4-12(5-3-11)13-6-7-15(16(20)8-13)14-9-17(21)19(23)18(22)10-14/h2-9H,1,10H2/b15-14+. The third-order valence-corrected chi connectivity index (χ3v) is 3.70. The largest absolute Gasteiger partial charge is 0.208 e. The Labute approximate surface area is 129 Å². The van der Waals surface area contributed by atoms with E-state index in [2.05, 4.69) is 6.58 Å². The van der Waals surface area contributed by atoms with Crippen molar-refractivity contribution in [3.05, 3.63) is 92.7 Å². The highest BCUT2D eigenvalue weighted by Crippen LogP contribution is 2.31. The second kappa shape index (κ2) is 5.88. The maximum atomic E-state index is 14.3. The molecule has 2 aromatic carbocycles. The lowest BCUT2D eigenvalue weighted by Crippen LogP contribution is -2.12. The molecule has 116 valence electrons. The van der Waals surface area contributed by atoms with Gasteiger partial charge in [0, 0.05) is 11.6 Å². The number of halogens is 4. The number of benzene rings is 2. The summed E-state index contributed by atoms with van der Waals surface area (Å²) in [6.07, 6.45) is 0.361. The first kappa shape index (κ1) is 15.3. The normalized spacial score (nSPS) is 17.3. The van der Waals surface area contributed by atoms with Crippen molar-refractivity contribution in [1.29, 1.82) is 0 Å². The molecule has 0 amide bonds. The Kier molecular flexibility index (Phi) is 3.90. The molecule has 4 heteroatoms. The van der Waals surface area contributed by atoms with Crippen LogP contribution in [-0.2, 0) is 0 Å². The number of rotatable bonds is 0. The summed E-state index contributed by atoms with van der Waals surface area (Å²) < 4.78 is 54.0. The fourth-order valence-corrected chi connectivity index (χ4v) is 2.47. The highest BCUT2D eigenvalue weighted by atomic mass is 19.2. The van der Waals surface area contributed by atoms with Gasteiger partial charge in [0.1, 0.15) is 11.6 Å². The van der Waals surface area contributed by atoms with Crippen molar-refractivity contribution >= 4 is 12.2 Å². The van der Waals surface area contributed by atoms with Crippen molar-refractivity contribution in [3.8, 4) is 0 Å². The van der Waals surface area contributed by atoms with E-state index in [1.165, 1.54) is 12.1 Å². The van der Waals surface area contributed by atoms with Gasteiger partial charge in [-0.2, -0.15) is 0 Å². The van der Waals surface area contributed by atoms with Gasteiger partial charge in [-0.3, -0.25) is 0 Å². The molecule has 0 saturated heterocycles. The molecule has 0 aromatic heterocycles. The lowest BCUT2D eigenvalue weighted by molar-refractivity contribution is 0.481. The zero-order valence-electron chi connectivity index (χ0n) is 12.0. The molecule has 0 N–H and O–H groups in total. The van der Waals surface area contributed by atoms with Gasteiger partial charge in [-0.1, -0.05) is 43.0 Å². The van der Waals surface area contributed by atoms with Crippen LogP contribution in [0.2, 0.25) is 0 Å².